The van der Waals surface area contributed by atoms with E-state index >= 15 is 0 Å². The molecule has 0 saturated heterocycles. The summed E-state index contributed by atoms with van der Waals surface area (Å²) in [6.45, 7) is 0. The molecule has 0 spiro atoms. The summed E-state index contributed by atoms with van der Waals surface area (Å²) in [4.78, 5) is 4.14. The van der Waals surface area contributed by atoms with Gasteiger partial charge in [0.1, 0.15) is 11.6 Å². The first-order valence-electron chi connectivity index (χ1n) is 5.32. The van der Waals surface area contributed by atoms with Gasteiger partial charge in [0.25, 0.3) is 0 Å². The van der Waals surface area contributed by atoms with E-state index in [0.717, 1.165) is 17.1 Å². The van der Waals surface area contributed by atoms with Gasteiger partial charge in [0.2, 0.25) is 0 Å². The lowest BCUT2D eigenvalue weighted by Gasteiger charge is -2.16. The second-order valence-corrected chi connectivity index (χ2v) is 5.15. The Balaban J connectivity index is 2.30. The molecule has 0 fully saturated rings. The van der Waals surface area contributed by atoms with Crippen molar-refractivity contribution < 1.29 is 8.78 Å². The van der Waals surface area contributed by atoms with Crippen LogP contribution >= 0.6 is 22.9 Å². The van der Waals surface area contributed by atoms with Crippen molar-refractivity contribution in [2.24, 2.45) is 0 Å². The number of nitrogens with one attached hydrogen (secondary N) is 1. The Morgan fingerprint density at radius 2 is 2.17 bits per heavy atom. The molecule has 18 heavy (non-hydrogen) atoms. The van der Waals surface area contributed by atoms with E-state index in [1.165, 1.54) is 11.3 Å². The average molecular weight is 289 g/mol. The molecule has 96 valence electrons. The minimum absolute atomic E-state index is 0.208. The Morgan fingerprint density at radius 3 is 2.78 bits per heavy atom. The molecule has 0 aliphatic carbocycles. The van der Waals surface area contributed by atoms with Gasteiger partial charge in [-0.05, 0) is 19.2 Å². The molecule has 0 radical (unpaired) electrons. The van der Waals surface area contributed by atoms with Gasteiger partial charge in [-0.2, -0.15) is 0 Å². The number of thiazole rings is 1. The van der Waals surface area contributed by atoms with Crippen molar-refractivity contribution in [3.05, 3.63) is 50.9 Å². The first kappa shape index (κ1) is 13.4. The van der Waals surface area contributed by atoms with Gasteiger partial charge < -0.3 is 5.32 Å². The summed E-state index contributed by atoms with van der Waals surface area (Å²) in [6, 6.07) is 1.80. The van der Waals surface area contributed by atoms with Crippen LogP contribution in [0.3, 0.4) is 0 Å². The third kappa shape index (κ3) is 2.85. The molecule has 1 aromatic carbocycles. The number of hydrogen-bond donors (Lipinski definition) is 1. The molecule has 0 amide bonds. The maximum atomic E-state index is 13.8. The number of nitrogens with zero attached hydrogens (tertiary/aromatic N) is 1. The standard InChI is InChI=1S/C12H11ClF2N2S/c1-16-11(6-12-17-2-3-18-12)7-4-10(15)8(13)5-9(7)14/h2-5,11,16H,6H2,1H3. The predicted octanol–water partition coefficient (Wildman–Crippen LogP) is 3.58. The highest BCUT2D eigenvalue weighted by Gasteiger charge is 2.18. The van der Waals surface area contributed by atoms with Crippen molar-refractivity contribution in [3.63, 3.8) is 0 Å². The molecule has 1 N–H and O–H groups in total. The largest absolute Gasteiger partial charge is 0.313 e. The predicted molar refractivity (Wildman–Crippen MR) is 69.0 cm³/mol. The molecule has 0 aliphatic rings. The third-order valence-corrected chi connectivity index (χ3v) is 3.72. The van der Waals surface area contributed by atoms with E-state index in [2.05, 4.69) is 10.3 Å². The topological polar surface area (TPSA) is 24.9 Å². The highest BCUT2D eigenvalue weighted by molar-refractivity contribution is 7.09. The molecule has 1 atom stereocenters. The van der Waals surface area contributed by atoms with Crippen LogP contribution in [-0.2, 0) is 6.42 Å². The number of halogens is 3. The SMILES string of the molecule is CNC(Cc1nccs1)c1cc(F)c(Cl)cc1F. The van der Waals surface area contributed by atoms with Crippen molar-refractivity contribution >= 4 is 22.9 Å². The van der Waals surface area contributed by atoms with Crippen LogP contribution in [0.25, 0.3) is 0 Å². The fourth-order valence-electron chi connectivity index (χ4n) is 1.70. The van der Waals surface area contributed by atoms with Crippen molar-refractivity contribution in [2.45, 2.75) is 12.5 Å². The van der Waals surface area contributed by atoms with E-state index in [1.807, 2.05) is 5.38 Å². The molecule has 2 nitrogen and oxygen atoms in total. The van der Waals surface area contributed by atoms with E-state index in [9.17, 15) is 8.78 Å². The van der Waals surface area contributed by atoms with Crippen LogP contribution < -0.4 is 5.32 Å². The lowest BCUT2D eigenvalue weighted by Crippen LogP contribution is -2.20. The zero-order valence-corrected chi connectivity index (χ0v) is 11.2. The minimum Gasteiger partial charge on any atom is -0.313 e. The van der Waals surface area contributed by atoms with Crippen LogP contribution in [0.4, 0.5) is 8.78 Å². The summed E-state index contributed by atoms with van der Waals surface area (Å²) in [7, 11) is 1.70. The normalized spacial score (nSPS) is 12.7. The summed E-state index contributed by atoms with van der Waals surface area (Å²) in [5.74, 6) is -1.13. The number of rotatable bonds is 4. The molecule has 0 bridgehead atoms. The molecular formula is C12H11ClF2N2S. The van der Waals surface area contributed by atoms with Crippen molar-refractivity contribution in [1.82, 2.24) is 10.3 Å². The molecule has 0 saturated carbocycles. The molecule has 1 aromatic heterocycles. The smallest absolute Gasteiger partial charge is 0.142 e. The van der Waals surface area contributed by atoms with Crippen molar-refractivity contribution in [3.8, 4) is 0 Å². The van der Waals surface area contributed by atoms with Gasteiger partial charge in [-0.1, -0.05) is 11.6 Å². The third-order valence-electron chi connectivity index (χ3n) is 2.63. The zero-order chi connectivity index (χ0) is 13.1. The Kier molecular flexibility index (Phi) is 4.27. The number of likely N-dealkylation sites (N-methyl/N-ethyl adjacent to an activating group) is 1. The maximum Gasteiger partial charge on any atom is 0.142 e. The van der Waals surface area contributed by atoms with E-state index in [0.29, 0.717) is 6.42 Å². The monoisotopic (exact) mass is 288 g/mol. The summed E-state index contributed by atoms with van der Waals surface area (Å²) in [5.41, 5.74) is 0.259. The van der Waals surface area contributed by atoms with Gasteiger partial charge in [0, 0.05) is 29.6 Å². The Morgan fingerprint density at radius 1 is 1.39 bits per heavy atom. The van der Waals surface area contributed by atoms with Crippen LogP contribution in [0, 0.1) is 11.6 Å². The van der Waals surface area contributed by atoms with Crippen LogP contribution in [-0.4, -0.2) is 12.0 Å². The summed E-state index contributed by atoms with van der Waals surface area (Å²) in [6.07, 6.45) is 2.19. The number of benzene rings is 1. The Bertz CT molecular complexity index is 531. The number of hydrogen-bond acceptors (Lipinski definition) is 3. The average Bonchev–Trinajstić information content (AvgIpc) is 2.84. The van der Waals surface area contributed by atoms with Crippen LogP contribution in [0.5, 0.6) is 0 Å². The Hall–Kier alpha value is -1.04. The van der Waals surface area contributed by atoms with Gasteiger partial charge in [-0.25, -0.2) is 13.8 Å². The fourth-order valence-corrected chi connectivity index (χ4v) is 2.51. The lowest BCUT2D eigenvalue weighted by atomic mass is 10.0. The van der Waals surface area contributed by atoms with Gasteiger partial charge in [0.05, 0.1) is 10.0 Å². The van der Waals surface area contributed by atoms with E-state index in [-0.39, 0.29) is 16.6 Å². The highest BCUT2D eigenvalue weighted by atomic mass is 35.5. The first-order chi connectivity index (χ1) is 8.61. The zero-order valence-electron chi connectivity index (χ0n) is 9.58. The van der Waals surface area contributed by atoms with Gasteiger partial charge in [0.15, 0.2) is 0 Å². The Labute approximate surface area is 113 Å². The summed E-state index contributed by atoms with van der Waals surface area (Å²) in [5, 5.41) is 5.47. The van der Waals surface area contributed by atoms with Crippen LogP contribution in [0.1, 0.15) is 16.6 Å². The molecule has 2 rings (SSSR count). The molecule has 1 heterocycles. The summed E-state index contributed by atoms with van der Waals surface area (Å²) >= 11 is 7.01. The quantitative estimate of drug-likeness (QED) is 0.870. The van der Waals surface area contributed by atoms with E-state index in [4.69, 9.17) is 11.6 Å². The van der Waals surface area contributed by atoms with Crippen molar-refractivity contribution in [2.75, 3.05) is 7.05 Å². The first-order valence-corrected chi connectivity index (χ1v) is 6.57. The van der Waals surface area contributed by atoms with E-state index in [1.54, 1.807) is 13.2 Å². The maximum absolute atomic E-state index is 13.8. The van der Waals surface area contributed by atoms with Crippen LogP contribution in [0.15, 0.2) is 23.7 Å². The molecule has 6 heteroatoms. The van der Waals surface area contributed by atoms with Gasteiger partial charge in [-0.15, -0.1) is 11.3 Å². The van der Waals surface area contributed by atoms with Crippen LogP contribution in [0.2, 0.25) is 5.02 Å². The lowest BCUT2D eigenvalue weighted by molar-refractivity contribution is 0.522. The molecule has 0 aliphatic heterocycles. The van der Waals surface area contributed by atoms with Gasteiger partial charge >= 0.3 is 0 Å². The second kappa shape index (κ2) is 5.73. The van der Waals surface area contributed by atoms with E-state index < -0.39 is 11.6 Å². The molecule has 1 unspecified atom stereocenters. The highest BCUT2D eigenvalue weighted by Crippen LogP contribution is 2.26. The molecular weight excluding hydrogens is 278 g/mol. The fraction of sp³-hybridized carbons (Fsp3) is 0.250. The second-order valence-electron chi connectivity index (χ2n) is 3.76. The summed E-state index contributed by atoms with van der Waals surface area (Å²) < 4.78 is 27.2. The minimum atomic E-state index is -0.618. The van der Waals surface area contributed by atoms with Gasteiger partial charge in [-0.3, -0.25) is 0 Å². The number of aromatic nitrogens is 1. The van der Waals surface area contributed by atoms with Crippen molar-refractivity contribution in [1.29, 1.82) is 0 Å². The molecule has 2 aromatic rings.